The highest BCUT2D eigenvalue weighted by molar-refractivity contribution is 5.74. The molecule has 0 radical (unpaired) electrons. The Morgan fingerprint density at radius 1 is 1.41 bits per heavy atom. The van der Waals surface area contributed by atoms with Gasteiger partial charge in [0, 0.05) is 5.92 Å². The van der Waals surface area contributed by atoms with Crippen LogP contribution in [0.25, 0.3) is 0 Å². The number of carbonyl (C=O) groups excluding carboxylic acids is 1. The van der Waals surface area contributed by atoms with Crippen molar-refractivity contribution in [1.82, 2.24) is 0 Å². The van der Waals surface area contributed by atoms with Crippen LogP contribution < -0.4 is 0 Å². The molecule has 17 heavy (non-hydrogen) atoms. The molecule has 1 heterocycles. The minimum absolute atomic E-state index is 0.0304. The van der Waals surface area contributed by atoms with Crippen LogP contribution in [0.1, 0.15) is 40.0 Å². The monoisotopic (exact) mass is 234 g/mol. The van der Waals surface area contributed by atoms with Crippen molar-refractivity contribution in [1.29, 1.82) is 0 Å². The summed E-state index contributed by atoms with van der Waals surface area (Å²) in [5.74, 6) is 1.99. The van der Waals surface area contributed by atoms with Gasteiger partial charge in [-0.1, -0.05) is 32.9 Å². The van der Waals surface area contributed by atoms with Gasteiger partial charge in [-0.15, -0.1) is 0 Å². The van der Waals surface area contributed by atoms with Crippen molar-refractivity contribution >= 4 is 5.97 Å². The van der Waals surface area contributed by atoms with Crippen LogP contribution in [0.3, 0.4) is 0 Å². The molecular formula is C15H22O2. The lowest BCUT2D eigenvalue weighted by atomic mass is 9.55. The van der Waals surface area contributed by atoms with Crippen molar-refractivity contribution in [3.8, 4) is 0 Å². The predicted molar refractivity (Wildman–Crippen MR) is 66.3 cm³/mol. The van der Waals surface area contributed by atoms with Gasteiger partial charge in [-0.2, -0.15) is 0 Å². The first-order valence-corrected chi connectivity index (χ1v) is 6.88. The summed E-state index contributed by atoms with van der Waals surface area (Å²) < 4.78 is 5.56. The van der Waals surface area contributed by atoms with Gasteiger partial charge in [-0.3, -0.25) is 4.79 Å². The fraction of sp³-hybridized carbons (Fsp3) is 0.800. The smallest absolute Gasteiger partial charge is 0.309 e. The van der Waals surface area contributed by atoms with Gasteiger partial charge in [0.05, 0.1) is 5.92 Å². The van der Waals surface area contributed by atoms with Crippen molar-refractivity contribution < 1.29 is 9.53 Å². The quantitative estimate of drug-likeness (QED) is 0.475. The molecule has 0 amide bonds. The molecule has 0 aromatic heterocycles. The predicted octanol–water partition coefficient (Wildman–Crippen LogP) is 3.18. The molecule has 0 aromatic carbocycles. The molecule has 94 valence electrons. The molecule has 0 bridgehead atoms. The fourth-order valence-electron chi connectivity index (χ4n) is 4.35. The number of rotatable bonds is 0. The standard InChI is InChI=1S/C15H22O2/c1-9-5-4-6-15(3)8-13-11(7-12(9)15)10(2)14(16)17-13/h4-5,9-13H,6-8H2,1-3H3/t9-,10-,11-,12+,13+,15-/m1/s1. The first kappa shape index (κ1) is 11.3. The lowest BCUT2D eigenvalue weighted by Gasteiger charge is -2.49. The van der Waals surface area contributed by atoms with E-state index in [1.165, 1.54) is 6.42 Å². The molecule has 2 fully saturated rings. The van der Waals surface area contributed by atoms with E-state index in [-0.39, 0.29) is 18.0 Å². The Bertz CT molecular complexity index is 373. The summed E-state index contributed by atoms with van der Waals surface area (Å²) in [4.78, 5) is 11.7. The molecule has 1 saturated carbocycles. The zero-order valence-corrected chi connectivity index (χ0v) is 11.0. The molecule has 0 unspecified atom stereocenters. The maximum Gasteiger partial charge on any atom is 0.309 e. The van der Waals surface area contributed by atoms with Crippen LogP contribution in [0.2, 0.25) is 0 Å². The van der Waals surface area contributed by atoms with Gasteiger partial charge in [0.25, 0.3) is 0 Å². The van der Waals surface area contributed by atoms with Gasteiger partial charge >= 0.3 is 5.97 Å². The van der Waals surface area contributed by atoms with Crippen LogP contribution >= 0.6 is 0 Å². The average molecular weight is 234 g/mol. The van der Waals surface area contributed by atoms with Crippen molar-refractivity contribution in [2.24, 2.45) is 29.1 Å². The summed E-state index contributed by atoms with van der Waals surface area (Å²) >= 11 is 0. The molecule has 0 N–H and O–H groups in total. The summed E-state index contributed by atoms with van der Waals surface area (Å²) in [5.41, 5.74) is 0.347. The summed E-state index contributed by atoms with van der Waals surface area (Å²) in [6.45, 7) is 6.74. The number of ether oxygens (including phenoxy) is 1. The topological polar surface area (TPSA) is 26.3 Å². The van der Waals surface area contributed by atoms with Crippen LogP contribution in [0, 0.1) is 29.1 Å². The van der Waals surface area contributed by atoms with Crippen molar-refractivity contribution in [2.45, 2.75) is 46.1 Å². The fourth-order valence-corrected chi connectivity index (χ4v) is 4.35. The summed E-state index contributed by atoms with van der Waals surface area (Å²) in [7, 11) is 0. The van der Waals surface area contributed by atoms with Gasteiger partial charge in [-0.05, 0) is 36.5 Å². The Morgan fingerprint density at radius 3 is 2.94 bits per heavy atom. The second kappa shape index (κ2) is 3.60. The maximum absolute atomic E-state index is 11.7. The molecule has 6 atom stereocenters. The van der Waals surface area contributed by atoms with Crippen molar-refractivity contribution in [3.63, 3.8) is 0 Å². The second-order valence-electron chi connectivity index (χ2n) is 6.62. The molecule has 3 rings (SSSR count). The Labute approximate surface area is 103 Å². The van der Waals surface area contributed by atoms with Crippen LogP contribution in [0.4, 0.5) is 0 Å². The number of fused-ring (bicyclic) bond motifs is 2. The number of hydrogen-bond donors (Lipinski definition) is 0. The largest absolute Gasteiger partial charge is 0.462 e. The lowest BCUT2D eigenvalue weighted by Crippen LogP contribution is -2.45. The number of hydrogen-bond acceptors (Lipinski definition) is 2. The highest BCUT2D eigenvalue weighted by Gasteiger charge is 2.53. The van der Waals surface area contributed by atoms with E-state index in [1.807, 2.05) is 6.92 Å². The van der Waals surface area contributed by atoms with Gasteiger partial charge in [-0.25, -0.2) is 0 Å². The van der Waals surface area contributed by atoms with E-state index in [9.17, 15) is 4.79 Å². The van der Waals surface area contributed by atoms with Crippen LogP contribution in [0.5, 0.6) is 0 Å². The molecule has 2 heteroatoms. The van der Waals surface area contributed by atoms with Gasteiger partial charge in [0.15, 0.2) is 0 Å². The van der Waals surface area contributed by atoms with Gasteiger partial charge < -0.3 is 4.74 Å². The molecule has 2 aliphatic carbocycles. The first-order valence-electron chi connectivity index (χ1n) is 6.88. The third-order valence-corrected chi connectivity index (χ3v) is 5.51. The zero-order valence-electron chi connectivity index (χ0n) is 11.0. The minimum atomic E-state index is 0.0304. The molecule has 1 saturated heterocycles. The van der Waals surface area contributed by atoms with E-state index in [0.717, 1.165) is 18.8 Å². The normalized spacial score (nSPS) is 52.9. The molecule has 0 aromatic rings. The molecule has 1 aliphatic heterocycles. The average Bonchev–Trinajstić information content (AvgIpc) is 2.52. The first-order chi connectivity index (χ1) is 8.01. The summed E-state index contributed by atoms with van der Waals surface area (Å²) in [6.07, 6.45) is 8.25. The molecule has 3 aliphatic rings. The van der Waals surface area contributed by atoms with Crippen LogP contribution in [-0.4, -0.2) is 12.1 Å². The Hall–Kier alpha value is -0.790. The van der Waals surface area contributed by atoms with E-state index < -0.39 is 0 Å². The van der Waals surface area contributed by atoms with Gasteiger partial charge in [0.1, 0.15) is 6.10 Å². The number of allylic oxidation sites excluding steroid dienone is 2. The van der Waals surface area contributed by atoms with E-state index >= 15 is 0 Å². The van der Waals surface area contributed by atoms with Gasteiger partial charge in [0.2, 0.25) is 0 Å². The minimum Gasteiger partial charge on any atom is -0.462 e. The Balaban J connectivity index is 1.89. The van der Waals surface area contributed by atoms with E-state index in [1.54, 1.807) is 0 Å². The lowest BCUT2D eigenvalue weighted by molar-refractivity contribution is -0.145. The number of carbonyl (C=O) groups is 1. The van der Waals surface area contributed by atoms with E-state index in [2.05, 4.69) is 26.0 Å². The Morgan fingerprint density at radius 2 is 2.18 bits per heavy atom. The molecule has 2 nitrogen and oxygen atoms in total. The SMILES string of the molecule is C[C@@H]1C=CC[C@]2(C)C[C@@H]3OC(=O)[C@H](C)[C@H]3C[C@@H]12. The highest BCUT2D eigenvalue weighted by atomic mass is 16.6. The van der Waals surface area contributed by atoms with E-state index in [0.29, 0.717) is 17.3 Å². The van der Waals surface area contributed by atoms with Crippen molar-refractivity contribution in [2.75, 3.05) is 0 Å². The molecule has 0 spiro atoms. The zero-order chi connectivity index (χ0) is 12.2. The van der Waals surface area contributed by atoms with Crippen LogP contribution in [-0.2, 0) is 9.53 Å². The third-order valence-electron chi connectivity index (χ3n) is 5.51. The third kappa shape index (κ3) is 1.56. The maximum atomic E-state index is 11.7. The molecular weight excluding hydrogens is 212 g/mol. The highest BCUT2D eigenvalue weighted by Crippen LogP contribution is 2.55. The van der Waals surface area contributed by atoms with E-state index in [4.69, 9.17) is 4.74 Å². The van der Waals surface area contributed by atoms with Crippen molar-refractivity contribution in [3.05, 3.63) is 12.2 Å². The summed E-state index contributed by atoms with van der Waals surface area (Å²) in [5, 5.41) is 0. The Kier molecular flexibility index (Phi) is 2.39. The van der Waals surface area contributed by atoms with Crippen LogP contribution in [0.15, 0.2) is 12.2 Å². The number of esters is 1. The second-order valence-corrected chi connectivity index (χ2v) is 6.62. The summed E-state index contributed by atoms with van der Waals surface area (Å²) in [6, 6.07) is 0.